The van der Waals surface area contributed by atoms with Crippen LogP contribution in [-0.2, 0) is 9.53 Å². The number of carbonyl (C=O) groups excluding carboxylic acids is 2. The summed E-state index contributed by atoms with van der Waals surface area (Å²) in [7, 11) is 1.24. The first-order valence-corrected chi connectivity index (χ1v) is 4.62. The summed E-state index contributed by atoms with van der Waals surface area (Å²) in [4.78, 5) is 26.4. The summed E-state index contributed by atoms with van der Waals surface area (Å²) < 4.78 is 4.39. The van der Waals surface area contributed by atoms with Crippen LogP contribution in [0.2, 0.25) is 0 Å². The third-order valence-electron chi connectivity index (χ3n) is 1.90. The second kappa shape index (κ2) is 5.11. The Morgan fingerprint density at radius 1 is 1.50 bits per heavy atom. The molecule has 16 heavy (non-hydrogen) atoms. The molecular weight excluding hydrogens is 210 g/mol. The average Bonchev–Trinajstić information content (AvgIpc) is 2.28. The van der Waals surface area contributed by atoms with E-state index in [1.54, 1.807) is 19.1 Å². The molecule has 0 aliphatic carbocycles. The van der Waals surface area contributed by atoms with E-state index in [2.05, 4.69) is 15.0 Å². The van der Waals surface area contributed by atoms with Crippen molar-refractivity contribution in [3.05, 3.63) is 23.5 Å². The standard InChI is InChI=1S/C10H13N3O3/c1-6-3-4-7(11)9(13-6)10(15)12-5-8(14)16-2/h3-4H,5,11H2,1-2H3,(H,12,15). The van der Waals surface area contributed by atoms with Crippen LogP contribution in [0.15, 0.2) is 12.1 Å². The number of ether oxygens (including phenoxy) is 1. The minimum atomic E-state index is -0.528. The molecule has 0 spiro atoms. The highest BCUT2D eigenvalue weighted by Gasteiger charge is 2.12. The van der Waals surface area contributed by atoms with Crippen LogP contribution in [0.25, 0.3) is 0 Å². The van der Waals surface area contributed by atoms with Crippen molar-refractivity contribution < 1.29 is 14.3 Å². The van der Waals surface area contributed by atoms with Gasteiger partial charge in [0.15, 0.2) is 5.69 Å². The van der Waals surface area contributed by atoms with Gasteiger partial charge in [-0.05, 0) is 19.1 Å². The van der Waals surface area contributed by atoms with Gasteiger partial charge in [-0.15, -0.1) is 0 Å². The molecule has 0 atom stereocenters. The van der Waals surface area contributed by atoms with Crippen molar-refractivity contribution in [1.29, 1.82) is 0 Å². The Morgan fingerprint density at radius 3 is 2.81 bits per heavy atom. The topological polar surface area (TPSA) is 94.3 Å². The van der Waals surface area contributed by atoms with Crippen molar-refractivity contribution in [2.45, 2.75) is 6.92 Å². The molecule has 0 unspecified atom stereocenters. The molecule has 0 aromatic carbocycles. The molecule has 86 valence electrons. The van der Waals surface area contributed by atoms with Gasteiger partial charge in [-0.2, -0.15) is 0 Å². The number of nitrogens with zero attached hydrogens (tertiary/aromatic N) is 1. The summed E-state index contributed by atoms with van der Waals surface area (Å²) in [5, 5.41) is 2.36. The zero-order chi connectivity index (χ0) is 12.1. The maximum Gasteiger partial charge on any atom is 0.325 e. The van der Waals surface area contributed by atoms with Gasteiger partial charge < -0.3 is 15.8 Å². The Labute approximate surface area is 92.8 Å². The van der Waals surface area contributed by atoms with E-state index in [4.69, 9.17) is 5.73 Å². The number of esters is 1. The number of nitrogens with one attached hydrogen (secondary N) is 1. The number of rotatable bonds is 3. The monoisotopic (exact) mass is 223 g/mol. The van der Waals surface area contributed by atoms with Crippen LogP contribution in [0.4, 0.5) is 5.69 Å². The van der Waals surface area contributed by atoms with Gasteiger partial charge >= 0.3 is 5.97 Å². The number of aromatic nitrogens is 1. The Morgan fingerprint density at radius 2 is 2.19 bits per heavy atom. The number of carbonyl (C=O) groups is 2. The molecular formula is C10H13N3O3. The van der Waals surface area contributed by atoms with E-state index < -0.39 is 11.9 Å². The SMILES string of the molecule is COC(=O)CNC(=O)c1nc(C)ccc1N. The van der Waals surface area contributed by atoms with Gasteiger partial charge in [0.1, 0.15) is 6.54 Å². The maximum absolute atomic E-state index is 11.6. The molecule has 0 fully saturated rings. The van der Waals surface area contributed by atoms with Crippen LogP contribution in [0.1, 0.15) is 16.2 Å². The maximum atomic E-state index is 11.6. The lowest BCUT2D eigenvalue weighted by atomic mass is 10.2. The third kappa shape index (κ3) is 2.94. The van der Waals surface area contributed by atoms with Gasteiger partial charge in [0.2, 0.25) is 0 Å². The average molecular weight is 223 g/mol. The highest BCUT2D eigenvalue weighted by Crippen LogP contribution is 2.08. The van der Waals surface area contributed by atoms with Crippen molar-refractivity contribution in [2.24, 2.45) is 0 Å². The smallest absolute Gasteiger partial charge is 0.325 e. The fourth-order valence-corrected chi connectivity index (χ4v) is 1.06. The lowest BCUT2D eigenvalue weighted by molar-refractivity contribution is -0.139. The third-order valence-corrected chi connectivity index (χ3v) is 1.90. The zero-order valence-electron chi connectivity index (χ0n) is 9.11. The molecule has 0 saturated carbocycles. The van der Waals surface area contributed by atoms with Crippen LogP contribution >= 0.6 is 0 Å². The Bertz CT molecular complexity index is 418. The molecule has 0 bridgehead atoms. The Balaban J connectivity index is 2.73. The van der Waals surface area contributed by atoms with Crippen LogP contribution in [-0.4, -0.2) is 30.5 Å². The summed E-state index contributed by atoms with van der Waals surface area (Å²) in [6, 6.07) is 3.29. The van der Waals surface area contributed by atoms with E-state index in [0.717, 1.165) is 0 Å². The highest BCUT2D eigenvalue weighted by atomic mass is 16.5. The van der Waals surface area contributed by atoms with Crippen LogP contribution in [0.5, 0.6) is 0 Å². The molecule has 0 radical (unpaired) electrons. The quantitative estimate of drug-likeness (QED) is 0.696. The summed E-state index contributed by atoms with van der Waals surface area (Å²) in [5.41, 5.74) is 6.65. The van der Waals surface area contributed by atoms with Crippen molar-refractivity contribution >= 4 is 17.6 Å². The van der Waals surface area contributed by atoms with E-state index in [1.807, 2.05) is 0 Å². The predicted molar refractivity (Wildman–Crippen MR) is 57.7 cm³/mol. The number of methoxy groups -OCH3 is 1. The fourth-order valence-electron chi connectivity index (χ4n) is 1.06. The number of anilines is 1. The first-order chi connectivity index (χ1) is 7.54. The van der Waals surface area contributed by atoms with Crippen LogP contribution in [0.3, 0.4) is 0 Å². The van der Waals surface area contributed by atoms with E-state index in [1.165, 1.54) is 7.11 Å². The molecule has 1 aromatic rings. The van der Waals surface area contributed by atoms with Crippen molar-refractivity contribution in [2.75, 3.05) is 19.4 Å². The minimum absolute atomic E-state index is 0.115. The molecule has 6 nitrogen and oxygen atoms in total. The summed E-state index contributed by atoms with van der Waals surface area (Å²) in [6.45, 7) is 1.54. The summed E-state index contributed by atoms with van der Waals surface area (Å²) in [6.07, 6.45) is 0. The van der Waals surface area contributed by atoms with E-state index in [0.29, 0.717) is 5.69 Å². The molecule has 1 aromatic heterocycles. The van der Waals surface area contributed by atoms with Gasteiger partial charge in [-0.25, -0.2) is 4.98 Å². The molecule has 0 saturated heterocycles. The Kier molecular flexibility index (Phi) is 3.82. The van der Waals surface area contributed by atoms with E-state index >= 15 is 0 Å². The molecule has 0 aliphatic heterocycles. The summed E-state index contributed by atoms with van der Waals surface area (Å²) in [5.74, 6) is -1.02. The largest absolute Gasteiger partial charge is 0.468 e. The number of aryl methyl sites for hydroxylation is 1. The lowest BCUT2D eigenvalue weighted by Crippen LogP contribution is -2.31. The van der Waals surface area contributed by atoms with E-state index in [9.17, 15) is 9.59 Å². The molecule has 0 aliphatic rings. The number of pyridine rings is 1. The number of nitrogens with two attached hydrogens (primary N) is 1. The van der Waals surface area contributed by atoms with Crippen molar-refractivity contribution in [3.8, 4) is 0 Å². The van der Waals surface area contributed by atoms with E-state index in [-0.39, 0.29) is 17.9 Å². The number of hydrogen-bond acceptors (Lipinski definition) is 5. The number of nitrogen functional groups attached to an aromatic ring is 1. The van der Waals surface area contributed by atoms with Crippen molar-refractivity contribution in [3.63, 3.8) is 0 Å². The molecule has 1 amide bonds. The number of hydrogen-bond donors (Lipinski definition) is 2. The van der Waals surface area contributed by atoms with Gasteiger partial charge in [-0.3, -0.25) is 9.59 Å². The predicted octanol–water partition coefficient (Wildman–Crippen LogP) is -0.125. The first-order valence-electron chi connectivity index (χ1n) is 4.62. The van der Waals surface area contributed by atoms with Gasteiger partial charge in [0.25, 0.3) is 5.91 Å². The second-order valence-electron chi connectivity index (χ2n) is 3.15. The highest BCUT2D eigenvalue weighted by molar-refractivity contribution is 5.98. The van der Waals surface area contributed by atoms with Crippen molar-refractivity contribution in [1.82, 2.24) is 10.3 Å². The Hall–Kier alpha value is -2.11. The summed E-state index contributed by atoms with van der Waals surface area (Å²) >= 11 is 0. The zero-order valence-corrected chi connectivity index (χ0v) is 9.11. The van der Waals surface area contributed by atoms with Gasteiger partial charge in [0.05, 0.1) is 12.8 Å². The molecule has 1 rings (SSSR count). The first kappa shape index (κ1) is 12.0. The molecule has 1 heterocycles. The molecule has 6 heteroatoms. The van der Waals surface area contributed by atoms with Crippen LogP contribution < -0.4 is 11.1 Å². The van der Waals surface area contributed by atoms with Gasteiger partial charge in [0, 0.05) is 5.69 Å². The normalized spacial score (nSPS) is 9.62. The molecule has 3 N–H and O–H groups in total. The second-order valence-corrected chi connectivity index (χ2v) is 3.15. The van der Waals surface area contributed by atoms with Crippen LogP contribution in [0, 0.1) is 6.92 Å². The lowest BCUT2D eigenvalue weighted by Gasteiger charge is -2.06. The fraction of sp³-hybridized carbons (Fsp3) is 0.300. The number of amides is 1. The minimum Gasteiger partial charge on any atom is -0.468 e. The van der Waals surface area contributed by atoms with Gasteiger partial charge in [-0.1, -0.05) is 0 Å².